The summed E-state index contributed by atoms with van der Waals surface area (Å²) in [5, 5.41) is 3.26. The molecule has 2 rings (SSSR count). The van der Waals surface area contributed by atoms with Crippen LogP contribution in [0.5, 0.6) is 0 Å². The van der Waals surface area contributed by atoms with Gasteiger partial charge in [0.2, 0.25) is 0 Å². The van der Waals surface area contributed by atoms with E-state index in [1.54, 1.807) is 0 Å². The number of ether oxygens (including phenoxy) is 1. The first-order valence-corrected chi connectivity index (χ1v) is 6.77. The molecule has 1 heterocycles. The van der Waals surface area contributed by atoms with E-state index in [-0.39, 0.29) is 0 Å². The summed E-state index contributed by atoms with van der Waals surface area (Å²) in [7, 11) is 0. The normalized spacial score (nSPS) is 17.4. The first-order chi connectivity index (χ1) is 9.03. The third kappa shape index (κ3) is 3.39. The van der Waals surface area contributed by atoms with Crippen LogP contribution < -0.4 is 0 Å². The SMILES string of the molecule is Cc1ccc(CN2CCOCC2)cc1C(C)(C)N=O. The third-order valence-electron chi connectivity index (χ3n) is 3.70. The molecule has 0 spiro atoms. The zero-order valence-corrected chi connectivity index (χ0v) is 12.0. The van der Waals surface area contributed by atoms with Crippen LogP contribution in [-0.2, 0) is 16.8 Å². The van der Waals surface area contributed by atoms with E-state index in [9.17, 15) is 4.91 Å². The molecule has 1 aliphatic rings. The average molecular weight is 262 g/mol. The van der Waals surface area contributed by atoms with Crippen molar-refractivity contribution in [2.45, 2.75) is 32.9 Å². The lowest BCUT2D eigenvalue weighted by Gasteiger charge is -2.27. The second kappa shape index (κ2) is 5.80. The predicted octanol–water partition coefficient (Wildman–Crippen LogP) is 2.83. The van der Waals surface area contributed by atoms with Gasteiger partial charge in [0.1, 0.15) is 5.54 Å². The first kappa shape index (κ1) is 14.2. The molecule has 19 heavy (non-hydrogen) atoms. The summed E-state index contributed by atoms with van der Waals surface area (Å²) in [6, 6.07) is 6.33. The van der Waals surface area contributed by atoms with Gasteiger partial charge in [0.15, 0.2) is 0 Å². The lowest BCUT2D eigenvalue weighted by atomic mass is 9.90. The summed E-state index contributed by atoms with van der Waals surface area (Å²) in [5.74, 6) is 0. The van der Waals surface area contributed by atoms with Crippen molar-refractivity contribution in [3.05, 3.63) is 39.8 Å². The lowest BCUT2D eigenvalue weighted by Crippen LogP contribution is -2.35. The van der Waals surface area contributed by atoms with Crippen molar-refractivity contribution in [2.75, 3.05) is 26.3 Å². The second-order valence-electron chi connectivity index (χ2n) is 5.69. The molecule has 1 aliphatic heterocycles. The van der Waals surface area contributed by atoms with Crippen LogP contribution in [0.2, 0.25) is 0 Å². The second-order valence-corrected chi connectivity index (χ2v) is 5.69. The van der Waals surface area contributed by atoms with Gasteiger partial charge >= 0.3 is 0 Å². The fourth-order valence-corrected chi connectivity index (χ4v) is 2.49. The molecule has 0 amide bonds. The van der Waals surface area contributed by atoms with Gasteiger partial charge in [0, 0.05) is 19.6 Å². The number of rotatable bonds is 4. The zero-order chi connectivity index (χ0) is 13.9. The standard InChI is InChI=1S/C15H22N2O2/c1-12-4-5-13(10-14(12)15(2,3)16-18)11-17-6-8-19-9-7-17/h4-5,10H,6-9,11H2,1-3H3. The molecular formula is C15H22N2O2. The van der Waals surface area contributed by atoms with Gasteiger partial charge in [0.05, 0.1) is 13.2 Å². The molecule has 104 valence electrons. The zero-order valence-electron chi connectivity index (χ0n) is 12.0. The molecule has 0 unspecified atom stereocenters. The van der Waals surface area contributed by atoms with Crippen LogP contribution in [0.4, 0.5) is 0 Å². The number of nitroso groups, excluding NO2 is 1. The summed E-state index contributed by atoms with van der Waals surface area (Å²) in [6.07, 6.45) is 0. The lowest BCUT2D eigenvalue weighted by molar-refractivity contribution is 0.0342. The monoisotopic (exact) mass is 262 g/mol. The van der Waals surface area contributed by atoms with Crippen LogP contribution in [0.1, 0.15) is 30.5 Å². The minimum Gasteiger partial charge on any atom is -0.379 e. The van der Waals surface area contributed by atoms with Gasteiger partial charge in [-0.2, -0.15) is 0 Å². The van der Waals surface area contributed by atoms with Crippen LogP contribution in [0.3, 0.4) is 0 Å². The van der Waals surface area contributed by atoms with Crippen LogP contribution >= 0.6 is 0 Å². The van der Waals surface area contributed by atoms with E-state index in [0.717, 1.165) is 44.0 Å². The Balaban J connectivity index is 2.18. The van der Waals surface area contributed by atoms with Crippen LogP contribution in [-0.4, -0.2) is 31.2 Å². The molecule has 0 aromatic heterocycles. The highest BCUT2D eigenvalue weighted by Crippen LogP contribution is 2.28. The first-order valence-electron chi connectivity index (χ1n) is 6.77. The van der Waals surface area contributed by atoms with Crippen molar-refractivity contribution in [3.63, 3.8) is 0 Å². The molecule has 1 aromatic rings. The Labute approximate surface area is 114 Å². The highest BCUT2D eigenvalue weighted by Gasteiger charge is 2.24. The Bertz CT molecular complexity index is 451. The number of aryl methyl sites for hydroxylation is 1. The highest BCUT2D eigenvalue weighted by atomic mass is 16.5. The van der Waals surface area contributed by atoms with E-state index in [2.05, 4.69) is 28.3 Å². The number of hydrogen-bond acceptors (Lipinski definition) is 4. The molecule has 1 fully saturated rings. The molecular weight excluding hydrogens is 240 g/mol. The van der Waals surface area contributed by atoms with E-state index in [1.807, 2.05) is 20.8 Å². The fraction of sp³-hybridized carbons (Fsp3) is 0.600. The Morgan fingerprint density at radius 3 is 2.63 bits per heavy atom. The molecule has 1 saturated heterocycles. The fourth-order valence-electron chi connectivity index (χ4n) is 2.49. The number of hydrogen-bond donors (Lipinski definition) is 0. The number of benzene rings is 1. The van der Waals surface area contributed by atoms with Gasteiger partial charge in [-0.3, -0.25) is 4.90 Å². The van der Waals surface area contributed by atoms with Crippen LogP contribution in [0, 0.1) is 11.8 Å². The quantitative estimate of drug-likeness (QED) is 0.784. The minimum atomic E-state index is -0.662. The van der Waals surface area contributed by atoms with Gasteiger partial charge in [-0.25, -0.2) is 0 Å². The average Bonchev–Trinajstić information content (AvgIpc) is 2.42. The minimum absolute atomic E-state index is 0.662. The van der Waals surface area contributed by atoms with Crippen molar-refractivity contribution in [3.8, 4) is 0 Å². The van der Waals surface area contributed by atoms with Gasteiger partial charge in [-0.15, -0.1) is 4.91 Å². The Kier molecular flexibility index (Phi) is 4.32. The maximum atomic E-state index is 11.0. The highest BCUT2D eigenvalue weighted by molar-refractivity contribution is 5.36. The maximum absolute atomic E-state index is 11.0. The molecule has 0 saturated carbocycles. The van der Waals surface area contributed by atoms with Crippen LogP contribution in [0.15, 0.2) is 23.4 Å². The largest absolute Gasteiger partial charge is 0.379 e. The van der Waals surface area contributed by atoms with E-state index >= 15 is 0 Å². The summed E-state index contributed by atoms with van der Waals surface area (Å²) < 4.78 is 5.35. The van der Waals surface area contributed by atoms with Crippen molar-refractivity contribution < 1.29 is 4.74 Å². The van der Waals surface area contributed by atoms with E-state index < -0.39 is 5.54 Å². The molecule has 0 N–H and O–H groups in total. The van der Waals surface area contributed by atoms with Gasteiger partial charge in [-0.1, -0.05) is 23.4 Å². The Morgan fingerprint density at radius 2 is 2.00 bits per heavy atom. The van der Waals surface area contributed by atoms with Gasteiger partial charge in [-0.05, 0) is 37.5 Å². The van der Waals surface area contributed by atoms with Crippen LogP contribution in [0.25, 0.3) is 0 Å². The molecule has 1 aromatic carbocycles. The number of nitrogens with zero attached hydrogens (tertiary/aromatic N) is 2. The molecule has 0 atom stereocenters. The number of morpholine rings is 1. The van der Waals surface area contributed by atoms with Gasteiger partial charge < -0.3 is 4.74 Å². The van der Waals surface area contributed by atoms with E-state index in [4.69, 9.17) is 4.74 Å². The predicted molar refractivity (Wildman–Crippen MR) is 76.1 cm³/mol. The summed E-state index contributed by atoms with van der Waals surface area (Å²) in [4.78, 5) is 13.4. The van der Waals surface area contributed by atoms with Crippen molar-refractivity contribution >= 4 is 0 Å². The topological polar surface area (TPSA) is 41.9 Å². The molecule has 0 aliphatic carbocycles. The molecule has 4 heteroatoms. The molecule has 0 bridgehead atoms. The van der Waals surface area contributed by atoms with Crippen molar-refractivity contribution in [1.82, 2.24) is 4.90 Å². The van der Waals surface area contributed by atoms with E-state index in [1.165, 1.54) is 5.56 Å². The molecule has 0 radical (unpaired) electrons. The molecule has 4 nitrogen and oxygen atoms in total. The maximum Gasteiger partial charge on any atom is 0.122 e. The summed E-state index contributed by atoms with van der Waals surface area (Å²) >= 11 is 0. The van der Waals surface area contributed by atoms with E-state index in [0.29, 0.717) is 0 Å². The summed E-state index contributed by atoms with van der Waals surface area (Å²) in [6.45, 7) is 10.2. The summed E-state index contributed by atoms with van der Waals surface area (Å²) in [5.41, 5.74) is 2.72. The smallest absolute Gasteiger partial charge is 0.122 e. The Morgan fingerprint density at radius 1 is 1.32 bits per heavy atom. The van der Waals surface area contributed by atoms with Gasteiger partial charge in [0.25, 0.3) is 0 Å². The third-order valence-corrected chi connectivity index (χ3v) is 3.70. The Hall–Kier alpha value is -1.26. The van der Waals surface area contributed by atoms with Crippen molar-refractivity contribution in [1.29, 1.82) is 0 Å². The van der Waals surface area contributed by atoms with Crippen molar-refractivity contribution in [2.24, 2.45) is 5.18 Å².